The molecule has 2 aromatic rings. The Kier molecular flexibility index (Phi) is 5.61. The third kappa shape index (κ3) is 4.86. The maximum Gasteiger partial charge on any atom is 0.0270 e. The second kappa shape index (κ2) is 7.73. The molecule has 0 unspecified atom stereocenters. The molecule has 0 fully saturated rings. The Morgan fingerprint density at radius 1 is 0.737 bits per heavy atom. The van der Waals surface area contributed by atoms with Crippen LogP contribution < -0.4 is 0 Å². The molecule has 0 aliphatic rings. The highest BCUT2D eigenvalue weighted by atomic mass is 14.6. The van der Waals surface area contributed by atoms with E-state index in [-0.39, 0.29) is 0 Å². The van der Waals surface area contributed by atoms with E-state index in [2.05, 4.69) is 48.3 Å². The monoisotopic (exact) mass is 253 g/mol. The predicted octanol–water partition coefficient (Wildman–Crippen LogP) is 4.80. The zero-order valence-electron chi connectivity index (χ0n) is 11.8. The minimum absolute atomic E-state index is 0.999. The lowest BCUT2D eigenvalue weighted by Crippen LogP contribution is -1.90. The summed E-state index contributed by atoms with van der Waals surface area (Å²) in [4.78, 5) is 4.05. The molecule has 0 amide bonds. The zero-order chi connectivity index (χ0) is 13.3. The molecule has 1 aromatic carbocycles. The number of unbranched alkanes of at least 4 members (excludes halogenated alkanes) is 3. The van der Waals surface area contributed by atoms with Crippen molar-refractivity contribution < 1.29 is 0 Å². The molecule has 0 bridgehead atoms. The molecule has 1 heterocycles. The summed E-state index contributed by atoms with van der Waals surface area (Å²) in [6.07, 6.45) is 11.3. The van der Waals surface area contributed by atoms with Gasteiger partial charge in [0.15, 0.2) is 0 Å². The third-order valence-electron chi connectivity index (χ3n) is 3.50. The summed E-state index contributed by atoms with van der Waals surface area (Å²) < 4.78 is 0. The van der Waals surface area contributed by atoms with Crippen LogP contribution in [0.25, 0.3) is 0 Å². The predicted molar refractivity (Wildman–Crippen MR) is 81.3 cm³/mol. The van der Waals surface area contributed by atoms with Gasteiger partial charge in [0.25, 0.3) is 0 Å². The molecule has 1 heteroatoms. The van der Waals surface area contributed by atoms with Crippen LogP contribution in [0.15, 0.2) is 48.8 Å². The Bertz CT molecular complexity index is 459. The van der Waals surface area contributed by atoms with Gasteiger partial charge in [-0.1, -0.05) is 50.5 Å². The zero-order valence-corrected chi connectivity index (χ0v) is 11.8. The van der Waals surface area contributed by atoms with Gasteiger partial charge in [-0.2, -0.15) is 0 Å². The van der Waals surface area contributed by atoms with Crippen LogP contribution in [0.3, 0.4) is 0 Å². The van der Waals surface area contributed by atoms with E-state index in [9.17, 15) is 0 Å². The Morgan fingerprint density at radius 2 is 1.37 bits per heavy atom. The topological polar surface area (TPSA) is 12.9 Å². The lowest BCUT2D eigenvalue weighted by atomic mass is 10.0. The second-order valence-electron chi connectivity index (χ2n) is 5.16. The normalized spacial score (nSPS) is 10.6. The first kappa shape index (κ1) is 13.8. The average Bonchev–Trinajstić information content (AvgIpc) is 2.46. The first-order chi connectivity index (χ1) is 9.38. The van der Waals surface area contributed by atoms with Crippen molar-refractivity contribution in [3.63, 3.8) is 0 Å². The van der Waals surface area contributed by atoms with Crippen LogP contribution in [0.4, 0.5) is 0 Å². The molecular formula is C18H23N. The number of rotatable bonds is 7. The molecule has 0 saturated carbocycles. The van der Waals surface area contributed by atoms with E-state index in [1.165, 1.54) is 48.8 Å². The number of nitrogens with zero attached hydrogens (tertiary/aromatic N) is 1. The highest BCUT2D eigenvalue weighted by molar-refractivity contribution is 5.27. The molecule has 0 aliphatic heterocycles. The number of aromatic nitrogens is 1. The Labute approximate surface area is 116 Å². The van der Waals surface area contributed by atoms with E-state index in [1.807, 2.05) is 12.4 Å². The molecule has 0 atom stereocenters. The van der Waals surface area contributed by atoms with Gasteiger partial charge in [-0.25, -0.2) is 0 Å². The van der Waals surface area contributed by atoms with Gasteiger partial charge in [0.2, 0.25) is 0 Å². The third-order valence-corrected chi connectivity index (χ3v) is 3.50. The van der Waals surface area contributed by atoms with E-state index in [1.54, 1.807) is 0 Å². The summed E-state index contributed by atoms with van der Waals surface area (Å²) in [6.45, 7) is 2.26. The SMILES string of the molecule is CCCCCCc1ccc(Cc2ccncc2)cc1. The maximum atomic E-state index is 4.05. The number of pyridine rings is 1. The van der Waals surface area contributed by atoms with E-state index in [0.29, 0.717) is 0 Å². The molecule has 0 saturated heterocycles. The number of hydrogen-bond donors (Lipinski definition) is 0. The summed E-state index contributed by atoms with van der Waals surface area (Å²) in [5.74, 6) is 0. The van der Waals surface area contributed by atoms with Crippen molar-refractivity contribution in [2.24, 2.45) is 0 Å². The fourth-order valence-corrected chi connectivity index (χ4v) is 2.32. The van der Waals surface area contributed by atoms with Crippen LogP contribution >= 0.6 is 0 Å². The standard InChI is InChI=1S/C18H23N/c1-2-3-4-5-6-16-7-9-17(10-8-16)15-18-11-13-19-14-12-18/h7-14H,2-6,15H2,1H3. The first-order valence-corrected chi connectivity index (χ1v) is 7.35. The van der Waals surface area contributed by atoms with Crippen LogP contribution in [0.5, 0.6) is 0 Å². The molecule has 1 nitrogen and oxygen atoms in total. The van der Waals surface area contributed by atoms with Gasteiger partial charge in [0.05, 0.1) is 0 Å². The largest absolute Gasteiger partial charge is 0.265 e. The smallest absolute Gasteiger partial charge is 0.0270 e. The summed E-state index contributed by atoms with van der Waals surface area (Å²) in [5.41, 5.74) is 4.17. The molecular weight excluding hydrogens is 230 g/mol. The van der Waals surface area contributed by atoms with E-state index in [0.717, 1.165) is 6.42 Å². The molecule has 19 heavy (non-hydrogen) atoms. The Hall–Kier alpha value is -1.63. The average molecular weight is 253 g/mol. The molecule has 1 aromatic heterocycles. The highest BCUT2D eigenvalue weighted by Crippen LogP contribution is 2.12. The van der Waals surface area contributed by atoms with Gasteiger partial charge in [0.1, 0.15) is 0 Å². The fraction of sp³-hybridized carbons (Fsp3) is 0.389. The summed E-state index contributed by atoms with van der Waals surface area (Å²) in [5, 5.41) is 0. The van der Waals surface area contributed by atoms with Crippen LogP contribution in [0, 0.1) is 0 Å². The van der Waals surface area contributed by atoms with Gasteiger partial charge in [0, 0.05) is 12.4 Å². The Morgan fingerprint density at radius 3 is 2.05 bits per heavy atom. The molecule has 0 radical (unpaired) electrons. The molecule has 0 aliphatic carbocycles. The van der Waals surface area contributed by atoms with Crippen LogP contribution in [-0.4, -0.2) is 4.98 Å². The number of hydrogen-bond acceptors (Lipinski definition) is 1. The number of aryl methyl sites for hydroxylation is 1. The first-order valence-electron chi connectivity index (χ1n) is 7.35. The minimum Gasteiger partial charge on any atom is -0.265 e. The quantitative estimate of drug-likeness (QED) is 0.646. The van der Waals surface area contributed by atoms with Crippen molar-refractivity contribution in [3.05, 3.63) is 65.5 Å². The maximum absolute atomic E-state index is 4.05. The lowest BCUT2D eigenvalue weighted by Gasteiger charge is -2.04. The van der Waals surface area contributed by atoms with E-state index in [4.69, 9.17) is 0 Å². The lowest BCUT2D eigenvalue weighted by molar-refractivity contribution is 0.667. The van der Waals surface area contributed by atoms with Crippen LogP contribution in [0.1, 0.15) is 49.3 Å². The van der Waals surface area contributed by atoms with Crippen molar-refractivity contribution >= 4 is 0 Å². The molecule has 0 N–H and O–H groups in total. The molecule has 0 spiro atoms. The Balaban J connectivity index is 1.84. The molecule has 100 valence electrons. The van der Waals surface area contributed by atoms with Gasteiger partial charge < -0.3 is 0 Å². The van der Waals surface area contributed by atoms with E-state index >= 15 is 0 Å². The highest BCUT2D eigenvalue weighted by Gasteiger charge is 1.97. The van der Waals surface area contributed by atoms with Crippen molar-refractivity contribution in [1.29, 1.82) is 0 Å². The summed E-state index contributed by atoms with van der Waals surface area (Å²) in [6, 6.07) is 13.2. The second-order valence-corrected chi connectivity index (χ2v) is 5.16. The van der Waals surface area contributed by atoms with Crippen molar-refractivity contribution in [2.45, 2.75) is 45.4 Å². The van der Waals surface area contributed by atoms with E-state index < -0.39 is 0 Å². The van der Waals surface area contributed by atoms with Crippen molar-refractivity contribution in [2.75, 3.05) is 0 Å². The van der Waals surface area contributed by atoms with Gasteiger partial charge >= 0.3 is 0 Å². The van der Waals surface area contributed by atoms with Gasteiger partial charge in [-0.15, -0.1) is 0 Å². The molecule has 2 rings (SSSR count). The number of benzene rings is 1. The minimum atomic E-state index is 0.999. The van der Waals surface area contributed by atoms with Gasteiger partial charge in [-0.3, -0.25) is 4.98 Å². The summed E-state index contributed by atoms with van der Waals surface area (Å²) >= 11 is 0. The fourth-order valence-electron chi connectivity index (χ4n) is 2.32. The van der Waals surface area contributed by atoms with Crippen LogP contribution in [0.2, 0.25) is 0 Å². The summed E-state index contributed by atoms with van der Waals surface area (Å²) in [7, 11) is 0. The van der Waals surface area contributed by atoms with Crippen molar-refractivity contribution in [3.8, 4) is 0 Å². The van der Waals surface area contributed by atoms with Crippen molar-refractivity contribution in [1.82, 2.24) is 4.98 Å². The van der Waals surface area contributed by atoms with Gasteiger partial charge in [-0.05, 0) is 48.1 Å². The van der Waals surface area contributed by atoms with Crippen LogP contribution in [-0.2, 0) is 12.8 Å².